The summed E-state index contributed by atoms with van der Waals surface area (Å²) in [6.45, 7) is 12.3. The standard InChI is InChI=1S/C13H25NS2/c1-6-14-12(7-9(2)3)13-8-15-10(4)11(5)16-13/h7,10-14H,6,8H2,1-5H3. The predicted molar refractivity (Wildman–Crippen MR) is 79.7 cm³/mol. The van der Waals surface area contributed by atoms with E-state index in [1.165, 1.54) is 11.3 Å². The molecule has 1 aliphatic heterocycles. The highest BCUT2D eigenvalue weighted by Crippen LogP contribution is 2.37. The molecule has 0 bridgehead atoms. The maximum Gasteiger partial charge on any atom is 0.0380 e. The molecule has 16 heavy (non-hydrogen) atoms. The van der Waals surface area contributed by atoms with E-state index in [1.54, 1.807) is 0 Å². The minimum absolute atomic E-state index is 0.544. The van der Waals surface area contributed by atoms with Crippen molar-refractivity contribution < 1.29 is 0 Å². The van der Waals surface area contributed by atoms with E-state index in [1.807, 2.05) is 0 Å². The van der Waals surface area contributed by atoms with Crippen molar-refractivity contribution in [3.63, 3.8) is 0 Å². The largest absolute Gasteiger partial charge is 0.310 e. The summed E-state index contributed by atoms with van der Waals surface area (Å²) in [7, 11) is 0. The minimum atomic E-state index is 0.544. The summed E-state index contributed by atoms with van der Waals surface area (Å²) < 4.78 is 0. The highest BCUT2D eigenvalue weighted by atomic mass is 32.2. The van der Waals surface area contributed by atoms with Gasteiger partial charge in [0.1, 0.15) is 0 Å². The molecule has 1 nitrogen and oxygen atoms in total. The number of allylic oxidation sites excluding steroid dienone is 1. The molecule has 4 unspecified atom stereocenters. The van der Waals surface area contributed by atoms with Gasteiger partial charge in [-0.25, -0.2) is 0 Å². The molecule has 0 aromatic carbocycles. The van der Waals surface area contributed by atoms with Crippen molar-refractivity contribution in [1.82, 2.24) is 5.32 Å². The molecule has 1 saturated heterocycles. The quantitative estimate of drug-likeness (QED) is 0.775. The molecule has 0 aliphatic carbocycles. The van der Waals surface area contributed by atoms with Crippen molar-refractivity contribution in [2.75, 3.05) is 12.3 Å². The molecule has 1 rings (SSSR count). The van der Waals surface area contributed by atoms with Crippen LogP contribution in [0, 0.1) is 0 Å². The number of hydrogen-bond acceptors (Lipinski definition) is 3. The first-order valence-electron chi connectivity index (χ1n) is 6.20. The van der Waals surface area contributed by atoms with Gasteiger partial charge in [0.25, 0.3) is 0 Å². The van der Waals surface area contributed by atoms with E-state index < -0.39 is 0 Å². The van der Waals surface area contributed by atoms with E-state index >= 15 is 0 Å². The normalized spacial score (nSPS) is 32.2. The third kappa shape index (κ3) is 4.34. The van der Waals surface area contributed by atoms with E-state index in [0.29, 0.717) is 6.04 Å². The smallest absolute Gasteiger partial charge is 0.0380 e. The summed E-state index contributed by atoms with van der Waals surface area (Å²) in [5.74, 6) is 1.28. The van der Waals surface area contributed by atoms with Gasteiger partial charge in [0.2, 0.25) is 0 Å². The average Bonchev–Trinajstić information content (AvgIpc) is 2.21. The molecule has 3 heteroatoms. The van der Waals surface area contributed by atoms with Gasteiger partial charge in [-0.3, -0.25) is 0 Å². The Bertz CT molecular complexity index is 236. The highest BCUT2D eigenvalue weighted by Gasteiger charge is 2.29. The van der Waals surface area contributed by atoms with E-state index in [2.05, 4.69) is 69.5 Å². The van der Waals surface area contributed by atoms with Gasteiger partial charge in [-0.2, -0.15) is 23.5 Å². The molecule has 0 saturated carbocycles. The van der Waals surface area contributed by atoms with Crippen LogP contribution in [0.3, 0.4) is 0 Å². The maximum absolute atomic E-state index is 3.61. The van der Waals surface area contributed by atoms with Gasteiger partial charge in [-0.1, -0.05) is 32.4 Å². The minimum Gasteiger partial charge on any atom is -0.310 e. The number of thioether (sulfide) groups is 2. The Labute approximate surface area is 109 Å². The molecular weight excluding hydrogens is 234 g/mol. The second-order valence-corrected chi connectivity index (χ2v) is 7.78. The first kappa shape index (κ1) is 14.5. The lowest BCUT2D eigenvalue weighted by molar-refractivity contribution is 0.605. The lowest BCUT2D eigenvalue weighted by Crippen LogP contribution is -2.42. The van der Waals surface area contributed by atoms with Crippen molar-refractivity contribution in [2.45, 2.75) is 56.4 Å². The second-order valence-electron chi connectivity index (χ2n) is 4.75. The molecule has 0 spiro atoms. The Morgan fingerprint density at radius 1 is 1.38 bits per heavy atom. The molecule has 1 fully saturated rings. The summed E-state index contributed by atoms with van der Waals surface area (Å²) in [5.41, 5.74) is 1.42. The van der Waals surface area contributed by atoms with Gasteiger partial charge < -0.3 is 5.32 Å². The van der Waals surface area contributed by atoms with E-state index in [9.17, 15) is 0 Å². The van der Waals surface area contributed by atoms with Gasteiger partial charge >= 0.3 is 0 Å². The third-order valence-corrected chi connectivity index (χ3v) is 6.44. The Kier molecular flexibility index (Phi) is 6.30. The average molecular weight is 259 g/mol. The zero-order valence-corrected chi connectivity index (χ0v) is 12.8. The molecule has 0 radical (unpaired) electrons. The lowest BCUT2D eigenvalue weighted by Gasteiger charge is -2.35. The SMILES string of the molecule is CCNC(C=C(C)C)C1CSC(C)C(C)S1. The summed E-state index contributed by atoms with van der Waals surface area (Å²) >= 11 is 4.28. The van der Waals surface area contributed by atoms with Crippen molar-refractivity contribution in [3.05, 3.63) is 11.6 Å². The number of likely N-dealkylation sites (N-methyl/N-ethyl adjacent to an activating group) is 1. The van der Waals surface area contributed by atoms with Crippen LogP contribution in [0.5, 0.6) is 0 Å². The van der Waals surface area contributed by atoms with Gasteiger partial charge in [-0.15, -0.1) is 0 Å². The van der Waals surface area contributed by atoms with Crippen LogP contribution in [-0.2, 0) is 0 Å². The molecular formula is C13H25NS2. The van der Waals surface area contributed by atoms with E-state index in [-0.39, 0.29) is 0 Å². The van der Waals surface area contributed by atoms with Crippen molar-refractivity contribution in [3.8, 4) is 0 Å². The third-order valence-electron chi connectivity index (χ3n) is 2.93. The van der Waals surface area contributed by atoms with Crippen LogP contribution in [0.4, 0.5) is 0 Å². The molecule has 1 N–H and O–H groups in total. The monoisotopic (exact) mass is 259 g/mol. The molecule has 1 heterocycles. The van der Waals surface area contributed by atoms with Crippen LogP contribution in [0.15, 0.2) is 11.6 Å². The molecule has 0 aromatic rings. The Hall–Kier alpha value is 0.400. The molecule has 4 atom stereocenters. The Morgan fingerprint density at radius 2 is 2.06 bits per heavy atom. The number of nitrogens with one attached hydrogen (secondary N) is 1. The zero-order valence-electron chi connectivity index (χ0n) is 11.1. The molecule has 0 amide bonds. The van der Waals surface area contributed by atoms with Crippen LogP contribution in [0.2, 0.25) is 0 Å². The maximum atomic E-state index is 3.61. The fourth-order valence-electron chi connectivity index (χ4n) is 1.89. The molecule has 0 aromatic heterocycles. The topological polar surface area (TPSA) is 12.0 Å². The highest BCUT2D eigenvalue weighted by molar-refractivity contribution is 8.07. The summed E-state index contributed by atoms with van der Waals surface area (Å²) in [5, 5.41) is 5.91. The first-order valence-corrected chi connectivity index (χ1v) is 8.19. The summed E-state index contributed by atoms with van der Waals surface area (Å²) in [4.78, 5) is 0. The number of rotatable bonds is 4. The molecule has 94 valence electrons. The first-order chi connectivity index (χ1) is 7.54. The van der Waals surface area contributed by atoms with Gasteiger partial charge in [0.15, 0.2) is 0 Å². The van der Waals surface area contributed by atoms with Crippen molar-refractivity contribution in [1.29, 1.82) is 0 Å². The Morgan fingerprint density at radius 3 is 2.56 bits per heavy atom. The van der Waals surface area contributed by atoms with E-state index in [0.717, 1.165) is 22.3 Å². The van der Waals surface area contributed by atoms with Crippen LogP contribution < -0.4 is 5.32 Å². The van der Waals surface area contributed by atoms with Crippen molar-refractivity contribution >= 4 is 23.5 Å². The van der Waals surface area contributed by atoms with Gasteiger partial charge in [0.05, 0.1) is 0 Å². The zero-order chi connectivity index (χ0) is 12.1. The lowest BCUT2D eigenvalue weighted by atomic mass is 10.1. The second kappa shape index (κ2) is 6.97. The van der Waals surface area contributed by atoms with Crippen LogP contribution in [0.25, 0.3) is 0 Å². The van der Waals surface area contributed by atoms with Crippen molar-refractivity contribution in [2.24, 2.45) is 0 Å². The van der Waals surface area contributed by atoms with Gasteiger partial charge in [-0.05, 0) is 20.4 Å². The summed E-state index contributed by atoms with van der Waals surface area (Å²) in [6, 6.07) is 0.544. The molecule has 1 aliphatic rings. The van der Waals surface area contributed by atoms with E-state index in [4.69, 9.17) is 0 Å². The Balaban J connectivity index is 2.61. The summed E-state index contributed by atoms with van der Waals surface area (Å²) in [6.07, 6.45) is 2.39. The predicted octanol–water partition coefficient (Wildman–Crippen LogP) is 3.56. The fraction of sp³-hybridized carbons (Fsp3) is 0.846. The van der Waals surface area contributed by atoms with Gasteiger partial charge in [0, 0.05) is 27.5 Å². The van der Waals surface area contributed by atoms with Crippen LogP contribution in [-0.4, -0.2) is 34.1 Å². The number of hydrogen-bond donors (Lipinski definition) is 1. The van der Waals surface area contributed by atoms with Crippen LogP contribution in [0.1, 0.15) is 34.6 Å². The fourth-order valence-corrected chi connectivity index (χ4v) is 4.96. The van der Waals surface area contributed by atoms with Crippen LogP contribution >= 0.6 is 23.5 Å².